The van der Waals surface area contributed by atoms with Crippen molar-refractivity contribution < 1.29 is 14.6 Å². The van der Waals surface area contributed by atoms with Crippen LogP contribution in [0.5, 0.6) is 0 Å². The van der Waals surface area contributed by atoms with Gasteiger partial charge in [-0.3, -0.25) is 0 Å². The van der Waals surface area contributed by atoms with Crippen LogP contribution in [0.1, 0.15) is 37.7 Å². The van der Waals surface area contributed by atoms with E-state index in [1.807, 2.05) is 44.4 Å². The van der Waals surface area contributed by atoms with Crippen molar-refractivity contribution in [1.29, 1.82) is 0 Å². The molecule has 1 aromatic rings. The fourth-order valence-electron chi connectivity index (χ4n) is 3.35. The van der Waals surface area contributed by atoms with Crippen LogP contribution in [0.25, 0.3) is 0 Å². The molecule has 0 spiro atoms. The zero-order chi connectivity index (χ0) is 16.1. The van der Waals surface area contributed by atoms with Crippen molar-refractivity contribution in [2.24, 2.45) is 0 Å². The molecular weight excluding hydrogens is 278 g/mol. The fourth-order valence-corrected chi connectivity index (χ4v) is 3.35. The summed E-state index contributed by atoms with van der Waals surface area (Å²) >= 11 is 0. The SMILES string of the molecule is COC(OCCN(C)C)(c1ccccc1)C1(O)CCCCC1. The Kier molecular flexibility index (Phi) is 5.98. The average Bonchev–Trinajstić information content (AvgIpc) is 2.53. The Morgan fingerprint density at radius 3 is 2.32 bits per heavy atom. The highest BCUT2D eigenvalue weighted by Gasteiger charge is 2.53. The highest BCUT2D eigenvalue weighted by molar-refractivity contribution is 5.24. The summed E-state index contributed by atoms with van der Waals surface area (Å²) in [7, 11) is 5.65. The molecule has 1 atom stereocenters. The molecule has 2 rings (SSSR count). The fraction of sp³-hybridized carbons (Fsp3) is 0.667. The summed E-state index contributed by atoms with van der Waals surface area (Å²) in [4.78, 5) is 2.07. The van der Waals surface area contributed by atoms with Crippen LogP contribution in [-0.2, 0) is 15.3 Å². The van der Waals surface area contributed by atoms with E-state index in [0.717, 1.165) is 31.4 Å². The Morgan fingerprint density at radius 2 is 1.77 bits per heavy atom. The van der Waals surface area contributed by atoms with Crippen LogP contribution >= 0.6 is 0 Å². The molecule has 0 radical (unpaired) electrons. The van der Waals surface area contributed by atoms with Gasteiger partial charge in [0.2, 0.25) is 5.79 Å². The molecule has 0 heterocycles. The van der Waals surface area contributed by atoms with Gasteiger partial charge >= 0.3 is 0 Å². The van der Waals surface area contributed by atoms with E-state index in [9.17, 15) is 5.11 Å². The lowest BCUT2D eigenvalue weighted by molar-refractivity contribution is -0.330. The van der Waals surface area contributed by atoms with Crippen molar-refractivity contribution >= 4 is 0 Å². The Labute approximate surface area is 134 Å². The smallest absolute Gasteiger partial charge is 0.224 e. The molecule has 0 saturated heterocycles. The van der Waals surface area contributed by atoms with Gasteiger partial charge in [0, 0.05) is 19.2 Å². The summed E-state index contributed by atoms with van der Waals surface area (Å²) in [6.07, 6.45) is 4.58. The second-order valence-electron chi connectivity index (χ2n) is 6.43. The first-order valence-corrected chi connectivity index (χ1v) is 8.16. The van der Waals surface area contributed by atoms with Gasteiger partial charge in [-0.1, -0.05) is 49.6 Å². The zero-order valence-electron chi connectivity index (χ0n) is 14.0. The Morgan fingerprint density at radius 1 is 1.14 bits per heavy atom. The predicted octanol–water partition coefficient (Wildman–Crippen LogP) is 2.76. The first kappa shape index (κ1) is 17.4. The minimum Gasteiger partial charge on any atom is -0.384 e. The average molecular weight is 307 g/mol. The number of nitrogens with zero attached hydrogens (tertiary/aromatic N) is 1. The van der Waals surface area contributed by atoms with E-state index < -0.39 is 11.4 Å². The lowest BCUT2D eigenvalue weighted by Crippen LogP contribution is -2.56. The molecule has 1 aliphatic rings. The second kappa shape index (κ2) is 7.55. The minimum atomic E-state index is -1.09. The second-order valence-corrected chi connectivity index (χ2v) is 6.43. The van der Waals surface area contributed by atoms with E-state index in [0.29, 0.717) is 19.4 Å². The summed E-state index contributed by atoms with van der Waals surface area (Å²) in [5.74, 6) is -1.09. The van der Waals surface area contributed by atoms with Gasteiger partial charge in [-0.25, -0.2) is 0 Å². The molecule has 0 aromatic heterocycles. The third-order valence-electron chi connectivity index (χ3n) is 4.58. The van der Waals surface area contributed by atoms with Crippen molar-refractivity contribution in [3.05, 3.63) is 35.9 Å². The molecule has 1 unspecified atom stereocenters. The molecule has 1 saturated carbocycles. The summed E-state index contributed by atoms with van der Waals surface area (Å²) in [5.41, 5.74) is -0.0890. The minimum absolute atomic E-state index is 0.512. The van der Waals surface area contributed by atoms with Crippen LogP contribution in [0, 0.1) is 0 Å². The molecule has 0 aliphatic heterocycles. The monoisotopic (exact) mass is 307 g/mol. The maximum Gasteiger partial charge on any atom is 0.224 e. The third-order valence-corrected chi connectivity index (χ3v) is 4.58. The van der Waals surface area contributed by atoms with Crippen LogP contribution in [0.3, 0.4) is 0 Å². The molecular formula is C18H29NO3. The van der Waals surface area contributed by atoms with E-state index in [2.05, 4.69) is 4.90 Å². The van der Waals surface area contributed by atoms with Crippen molar-refractivity contribution in [2.45, 2.75) is 43.5 Å². The molecule has 0 amide bonds. The van der Waals surface area contributed by atoms with Gasteiger partial charge in [0.1, 0.15) is 5.60 Å². The van der Waals surface area contributed by atoms with E-state index in [1.54, 1.807) is 7.11 Å². The predicted molar refractivity (Wildman–Crippen MR) is 87.7 cm³/mol. The van der Waals surface area contributed by atoms with Crippen LogP contribution in [-0.4, -0.2) is 50.0 Å². The van der Waals surface area contributed by atoms with Gasteiger partial charge in [0.05, 0.1) is 6.61 Å². The highest BCUT2D eigenvalue weighted by Crippen LogP contribution is 2.46. The quantitative estimate of drug-likeness (QED) is 0.787. The van der Waals surface area contributed by atoms with Crippen LogP contribution in [0.2, 0.25) is 0 Å². The van der Waals surface area contributed by atoms with E-state index in [4.69, 9.17) is 9.47 Å². The number of methoxy groups -OCH3 is 1. The normalized spacial score (nSPS) is 20.8. The maximum atomic E-state index is 11.3. The first-order chi connectivity index (χ1) is 10.5. The Balaban J connectivity index is 2.33. The maximum absolute atomic E-state index is 11.3. The zero-order valence-corrected chi connectivity index (χ0v) is 14.0. The number of ether oxygens (including phenoxy) is 2. The van der Waals surface area contributed by atoms with Crippen molar-refractivity contribution in [1.82, 2.24) is 4.90 Å². The molecule has 1 N–H and O–H groups in total. The largest absolute Gasteiger partial charge is 0.384 e. The molecule has 4 nitrogen and oxygen atoms in total. The first-order valence-electron chi connectivity index (χ1n) is 8.16. The number of hydrogen-bond donors (Lipinski definition) is 1. The molecule has 1 aliphatic carbocycles. The van der Waals surface area contributed by atoms with Crippen molar-refractivity contribution in [3.8, 4) is 0 Å². The number of likely N-dealkylation sites (N-methyl/N-ethyl adjacent to an activating group) is 1. The molecule has 124 valence electrons. The van der Waals surface area contributed by atoms with Gasteiger partial charge in [-0.05, 0) is 26.9 Å². The summed E-state index contributed by atoms with van der Waals surface area (Å²) in [6.45, 7) is 1.30. The van der Waals surface area contributed by atoms with E-state index in [-0.39, 0.29) is 0 Å². The third kappa shape index (κ3) is 3.51. The van der Waals surface area contributed by atoms with Crippen LogP contribution < -0.4 is 0 Å². The van der Waals surface area contributed by atoms with E-state index in [1.165, 1.54) is 0 Å². The summed E-state index contributed by atoms with van der Waals surface area (Å²) in [5, 5.41) is 11.3. The van der Waals surface area contributed by atoms with Gasteiger partial charge in [0.25, 0.3) is 0 Å². The van der Waals surface area contributed by atoms with Crippen molar-refractivity contribution in [2.75, 3.05) is 34.4 Å². The van der Waals surface area contributed by atoms with Gasteiger partial charge < -0.3 is 19.5 Å². The van der Waals surface area contributed by atoms with Gasteiger partial charge in [-0.15, -0.1) is 0 Å². The molecule has 4 heteroatoms. The molecule has 1 aromatic carbocycles. The summed E-state index contributed by atoms with van der Waals surface area (Å²) < 4.78 is 12.1. The van der Waals surface area contributed by atoms with Crippen LogP contribution in [0.4, 0.5) is 0 Å². The number of aliphatic hydroxyl groups is 1. The Bertz CT molecular complexity index is 443. The molecule has 0 bridgehead atoms. The standard InChI is InChI=1S/C18H29NO3/c1-19(2)14-15-22-18(21-3,16-10-6-4-7-11-16)17(20)12-8-5-9-13-17/h4,6-7,10-11,20H,5,8-9,12-15H2,1-3H3. The highest BCUT2D eigenvalue weighted by atomic mass is 16.7. The lowest BCUT2D eigenvalue weighted by atomic mass is 9.75. The number of benzene rings is 1. The van der Waals surface area contributed by atoms with Gasteiger partial charge in [0.15, 0.2) is 0 Å². The van der Waals surface area contributed by atoms with Crippen molar-refractivity contribution in [3.63, 3.8) is 0 Å². The molecule has 22 heavy (non-hydrogen) atoms. The van der Waals surface area contributed by atoms with Crippen LogP contribution in [0.15, 0.2) is 30.3 Å². The lowest BCUT2D eigenvalue weighted by Gasteiger charge is -2.48. The van der Waals surface area contributed by atoms with E-state index >= 15 is 0 Å². The molecule has 1 fully saturated rings. The number of rotatable bonds is 7. The summed E-state index contributed by atoms with van der Waals surface area (Å²) in [6, 6.07) is 9.85. The van der Waals surface area contributed by atoms with Gasteiger partial charge in [-0.2, -0.15) is 0 Å². The number of hydrogen-bond acceptors (Lipinski definition) is 4. The topological polar surface area (TPSA) is 41.9 Å². The Hall–Kier alpha value is -0.940.